The Bertz CT molecular complexity index is 1070. The predicted octanol–water partition coefficient (Wildman–Crippen LogP) is 3.43. The van der Waals surface area contributed by atoms with Crippen LogP contribution in [0.25, 0.3) is 11.4 Å². The van der Waals surface area contributed by atoms with E-state index in [0.717, 1.165) is 17.5 Å². The van der Waals surface area contributed by atoms with E-state index in [1.165, 1.54) is 12.1 Å². The number of hydrogen-bond donors (Lipinski definition) is 1. The summed E-state index contributed by atoms with van der Waals surface area (Å²) in [5.74, 6) is -1.15. The van der Waals surface area contributed by atoms with Gasteiger partial charge < -0.3 is 9.88 Å². The molecule has 0 saturated heterocycles. The minimum absolute atomic E-state index is 0.144. The van der Waals surface area contributed by atoms with Gasteiger partial charge in [-0.15, -0.1) is 0 Å². The highest BCUT2D eigenvalue weighted by atomic mass is 19.1. The molecule has 0 atom stereocenters. The van der Waals surface area contributed by atoms with Crippen molar-refractivity contribution >= 4 is 5.91 Å². The molecule has 0 spiro atoms. The molecular weight excluding hydrogens is 350 g/mol. The van der Waals surface area contributed by atoms with Crippen LogP contribution < -0.4 is 0 Å². The van der Waals surface area contributed by atoms with Gasteiger partial charge in [-0.1, -0.05) is 0 Å². The summed E-state index contributed by atoms with van der Waals surface area (Å²) < 4.78 is 27.1. The first-order valence-electron chi connectivity index (χ1n) is 8.38. The number of nitrogens with zero attached hydrogens (tertiary/aromatic N) is 3. The normalized spacial score (nSPS) is 13.1. The first-order chi connectivity index (χ1) is 13.0. The molecule has 134 valence electrons. The van der Waals surface area contributed by atoms with Crippen LogP contribution in [0, 0.1) is 23.0 Å². The van der Waals surface area contributed by atoms with Crippen molar-refractivity contribution in [3.63, 3.8) is 0 Å². The molecule has 1 aliphatic heterocycles. The molecule has 0 fully saturated rings. The fourth-order valence-corrected chi connectivity index (χ4v) is 3.15. The molecule has 3 aromatic rings. The Balaban J connectivity index is 1.57. The lowest BCUT2D eigenvalue weighted by Crippen LogP contribution is -2.36. The van der Waals surface area contributed by atoms with Crippen molar-refractivity contribution in [1.82, 2.24) is 14.9 Å². The number of halogens is 2. The summed E-state index contributed by atoms with van der Waals surface area (Å²) in [6, 6.07) is 11.8. The van der Waals surface area contributed by atoms with Crippen LogP contribution in [0.15, 0.2) is 42.5 Å². The maximum absolute atomic E-state index is 14.0. The topological polar surface area (TPSA) is 72.8 Å². The summed E-state index contributed by atoms with van der Waals surface area (Å²) in [7, 11) is 0. The molecular formula is C20H14F2N4O. The number of nitriles is 1. The average molecular weight is 364 g/mol. The monoisotopic (exact) mass is 364 g/mol. The Kier molecular flexibility index (Phi) is 4.16. The third-order valence-electron chi connectivity index (χ3n) is 4.57. The summed E-state index contributed by atoms with van der Waals surface area (Å²) in [6.07, 6.45) is 0.538. The predicted molar refractivity (Wildman–Crippen MR) is 93.5 cm³/mol. The Hall–Kier alpha value is -3.53. The largest absolute Gasteiger partial charge is 0.340 e. The van der Waals surface area contributed by atoms with Gasteiger partial charge in [-0.2, -0.15) is 5.26 Å². The minimum Gasteiger partial charge on any atom is -0.340 e. The molecule has 5 nitrogen and oxygen atoms in total. The molecule has 1 aliphatic rings. The number of amides is 1. The van der Waals surface area contributed by atoms with Crippen molar-refractivity contribution in [2.24, 2.45) is 0 Å². The molecule has 2 heterocycles. The molecule has 0 radical (unpaired) electrons. The smallest absolute Gasteiger partial charge is 0.254 e. The van der Waals surface area contributed by atoms with E-state index < -0.39 is 11.6 Å². The van der Waals surface area contributed by atoms with Crippen molar-refractivity contribution in [3.8, 4) is 17.5 Å². The highest BCUT2D eigenvalue weighted by molar-refractivity contribution is 5.94. The van der Waals surface area contributed by atoms with Crippen LogP contribution in [-0.2, 0) is 13.0 Å². The zero-order valence-electron chi connectivity index (χ0n) is 14.2. The zero-order valence-corrected chi connectivity index (χ0v) is 14.2. The molecule has 4 rings (SSSR count). The second-order valence-corrected chi connectivity index (χ2v) is 6.30. The van der Waals surface area contributed by atoms with E-state index in [9.17, 15) is 13.6 Å². The highest BCUT2D eigenvalue weighted by Crippen LogP contribution is 2.26. The van der Waals surface area contributed by atoms with Crippen molar-refractivity contribution in [2.75, 3.05) is 6.54 Å². The van der Waals surface area contributed by atoms with Gasteiger partial charge in [-0.25, -0.2) is 13.8 Å². The van der Waals surface area contributed by atoms with Gasteiger partial charge in [0.15, 0.2) is 0 Å². The average Bonchev–Trinajstić information content (AvgIpc) is 3.10. The van der Waals surface area contributed by atoms with Crippen molar-refractivity contribution < 1.29 is 13.6 Å². The van der Waals surface area contributed by atoms with E-state index in [0.29, 0.717) is 36.5 Å². The number of rotatable bonds is 2. The van der Waals surface area contributed by atoms with Gasteiger partial charge in [0.2, 0.25) is 0 Å². The highest BCUT2D eigenvalue weighted by Gasteiger charge is 2.25. The Morgan fingerprint density at radius 1 is 1.19 bits per heavy atom. The fourth-order valence-electron chi connectivity index (χ4n) is 3.15. The van der Waals surface area contributed by atoms with Crippen LogP contribution in [-0.4, -0.2) is 27.3 Å². The number of imidazole rings is 1. The molecule has 1 amide bonds. The number of H-pyrrole nitrogens is 1. The van der Waals surface area contributed by atoms with E-state index in [4.69, 9.17) is 5.26 Å². The van der Waals surface area contributed by atoms with Gasteiger partial charge in [0.1, 0.15) is 17.5 Å². The molecule has 7 heteroatoms. The number of benzene rings is 2. The third-order valence-corrected chi connectivity index (χ3v) is 4.57. The number of fused-ring (bicyclic) bond motifs is 1. The van der Waals surface area contributed by atoms with Crippen LogP contribution >= 0.6 is 0 Å². The van der Waals surface area contributed by atoms with Crippen LogP contribution in [0.4, 0.5) is 8.78 Å². The second-order valence-electron chi connectivity index (χ2n) is 6.30. The fraction of sp³-hybridized carbons (Fsp3) is 0.150. The first-order valence-corrected chi connectivity index (χ1v) is 8.38. The van der Waals surface area contributed by atoms with Crippen LogP contribution in [0.3, 0.4) is 0 Å². The van der Waals surface area contributed by atoms with Gasteiger partial charge in [0.25, 0.3) is 5.91 Å². The van der Waals surface area contributed by atoms with Gasteiger partial charge in [-0.3, -0.25) is 4.79 Å². The molecule has 0 bridgehead atoms. The summed E-state index contributed by atoms with van der Waals surface area (Å²) in [5.41, 5.74) is 2.70. The van der Waals surface area contributed by atoms with Crippen LogP contribution in [0.2, 0.25) is 0 Å². The summed E-state index contributed by atoms with van der Waals surface area (Å²) in [4.78, 5) is 21.8. The third kappa shape index (κ3) is 3.17. The number of hydrogen-bond acceptors (Lipinski definition) is 3. The second kappa shape index (κ2) is 6.65. The van der Waals surface area contributed by atoms with E-state index >= 15 is 0 Å². The molecule has 0 aliphatic carbocycles. The number of aromatic amines is 1. The Morgan fingerprint density at radius 2 is 1.96 bits per heavy atom. The lowest BCUT2D eigenvalue weighted by atomic mass is 10.1. The zero-order chi connectivity index (χ0) is 19.0. The molecule has 0 saturated carbocycles. The Morgan fingerprint density at radius 3 is 2.67 bits per heavy atom. The maximum Gasteiger partial charge on any atom is 0.254 e. The lowest BCUT2D eigenvalue weighted by molar-refractivity contribution is 0.0732. The maximum atomic E-state index is 14.0. The molecule has 27 heavy (non-hydrogen) atoms. The molecule has 1 N–H and O–H groups in total. The summed E-state index contributed by atoms with van der Waals surface area (Å²) in [6.45, 7) is 0.812. The van der Waals surface area contributed by atoms with Gasteiger partial charge in [-0.05, 0) is 36.4 Å². The number of carbonyl (C=O) groups excluding carboxylic acids is 1. The van der Waals surface area contributed by atoms with Gasteiger partial charge >= 0.3 is 0 Å². The van der Waals surface area contributed by atoms with Crippen molar-refractivity contribution in [3.05, 3.63) is 76.6 Å². The van der Waals surface area contributed by atoms with E-state index in [1.807, 2.05) is 6.07 Å². The number of nitrogens with one attached hydrogen (secondary N) is 1. The van der Waals surface area contributed by atoms with E-state index in [-0.39, 0.29) is 11.5 Å². The van der Waals surface area contributed by atoms with Gasteiger partial charge in [0, 0.05) is 24.6 Å². The SMILES string of the molecule is N#Cc1ccc(C(=O)N2CCc3nc(-c4ccc(F)cc4F)[nH]c3C2)cc1. The van der Waals surface area contributed by atoms with E-state index in [1.54, 1.807) is 29.2 Å². The summed E-state index contributed by atoms with van der Waals surface area (Å²) >= 11 is 0. The standard InChI is InChI=1S/C20H14F2N4O/c21-14-5-6-15(16(22)9-14)19-24-17-7-8-26(11-18(17)25-19)20(27)13-3-1-12(10-23)2-4-13/h1-6,9H,7-8,11H2,(H,24,25). The Labute approximate surface area is 153 Å². The summed E-state index contributed by atoms with van der Waals surface area (Å²) in [5, 5.41) is 8.85. The minimum atomic E-state index is -0.688. The van der Waals surface area contributed by atoms with Crippen molar-refractivity contribution in [2.45, 2.75) is 13.0 Å². The van der Waals surface area contributed by atoms with Gasteiger partial charge in [0.05, 0.1) is 35.1 Å². The number of carbonyl (C=O) groups is 1. The van der Waals surface area contributed by atoms with Crippen LogP contribution in [0.5, 0.6) is 0 Å². The molecule has 1 aromatic heterocycles. The quantitative estimate of drug-likeness (QED) is 0.757. The first kappa shape index (κ1) is 16.9. The van der Waals surface area contributed by atoms with Crippen LogP contribution in [0.1, 0.15) is 27.3 Å². The van der Waals surface area contributed by atoms with E-state index in [2.05, 4.69) is 9.97 Å². The number of aromatic nitrogens is 2. The van der Waals surface area contributed by atoms with Crippen molar-refractivity contribution in [1.29, 1.82) is 5.26 Å². The molecule has 0 unspecified atom stereocenters. The lowest BCUT2D eigenvalue weighted by Gasteiger charge is -2.26. The molecule has 2 aromatic carbocycles.